The molecule has 0 fully saturated rings. The van der Waals surface area contributed by atoms with Crippen molar-refractivity contribution in [1.29, 1.82) is 0 Å². The van der Waals surface area contributed by atoms with Crippen molar-refractivity contribution in [2.24, 2.45) is 0 Å². The lowest BCUT2D eigenvalue weighted by molar-refractivity contribution is 0.0949. The van der Waals surface area contributed by atoms with Crippen LogP contribution in [0.15, 0.2) is 53.3 Å². The van der Waals surface area contributed by atoms with Crippen LogP contribution >= 0.6 is 11.3 Å². The lowest BCUT2D eigenvalue weighted by Crippen LogP contribution is -2.30. The van der Waals surface area contributed by atoms with Gasteiger partial charge in [0, 0.05) is 18.3 Å². The quantitative estimate of drug-likeness (QED) is 0.545. The molecule has 26 heavy (non-hydrogen) atoms. The van der Waals surface area contributed by atoms with E-state index in [4.69, 9.17) is 4.52 Å². The van der Waals surface area contributed by atoms with Gasteiger partial charge in [-0.3, -0.25) is 14.7 Å². The molecule has 0 N–H and O–H groups in total. The molecule has 4 aromatic rings. The normalized spacial score (nSPS) is 11.0. The minimum absolute atomic E-state index is 0.00258. The van der Waals surface area contributed by atoms with Crippen LogP contribution in [0.1, 0.15) is 16.2 Å². The van der Waals surface area contributed by atoms with Gasteiger partial charge in [-0.1, -0.05) is 22.6 Å². The summed E-state index contributed by atoms with van der Waals surface area (Å²) in [5, 5.41) is 3.74. The number of pyridine rings is 1. The molecule has 0 saturated carbocycles. The van der Waals surface area contributed by atoms with E-state index in [9.17, 15) is 13.6 Å². The first-order chi connectivity index (χ1) is 12.6. The maximum Gasteiger partial charge on any atom is 0.299 e. The van der Waals surface area contributed by atoms with E-state index in [2.05, 4.69) is 15.1 Å². The third kappa shape index (κ3) is 3.04. The van der Waals surface area contributed by atoms with E-state index in [0.717, 1.165) is 17.4 Å². The number of benzene rings is 1. The van der Waals surface area contributed by atoms with Crippen molar-refractivity contribution in [2.45, 2.75) is 6.54 Å². The lowest BCUT2D eigenvalue weighted by atomic mass is 10.3. The molecule has 0 saturated heterocycles. The summed E-state index contributed by atoms with van der Waals surface area (Å²) in [5.74, 6) is -1.99. The smallest absolute Gasteiger partial charge is 0.299 e. The summed E-state index contributed by atoms with van der Waals surface area (Å²) >= 11 is 1.00. The maximum absolute atomic E-state index is 14.0. The Hall–Kier alpha value is -3.20. The number of hydrogen-bond donors (Lipinski definition) is 0. The van der Waals surface area contributed by atoms with Crippen molar-refractivity contribution >= 4 is 32.6 Å². The first kappa shape index (κ1) is 16.3. The molecule has 9 heteroatoms. The zero-order valence-corrected chi connectivity index (χ0v) is 13.9. The summed E-state index contributed by atoms with van der Waals surface area (Å²) in [4.78, 5) is 22.5. The van der Waals surface area contributed by atoms with Gasteiger partial charge in [0.25, 0.3) is 5.91 Å². The number of halogens is 2. The van der Waals surface area contributed by atoms with E-state index in [1.165, 1.54) is 23.2 Å². The predicted molar refractivity (Wildman–Crippen MR) is 90.8 cm³/mol. The first-order valence-electron chi connectivity index (χ1n) is 7.50. The van der Waals surface area contributed by atoms with Crippen molar-refractivity contribution < 1.29 is 18.1 Å². The molecule has 4 rings (SSSR count). The van der Waals surface area contributed by atoms with Crippen LogP contribution in [-0.2, 0) is 6.54 Å². The van der Waals surface area contributed by atoms with Crippen LogP contribution in [0.25, 0.3) is 10.2 Å². The van der Waals surface area contributed by atoms with Crippen LogP contribution in [0.5, 0.6) is 0 Å². The van der Waals surface area contributed by atoms with Crippen LogP contribution in [-0.4, -0.2) is 21.0 Å². The van der Waals surface area contributed by atoms with E-state index in [1.807, 2.05) is 0 Å². The first-order valence-corrected chi connectivity index (χ1v) is 8.31. The third-order valence-corrected chi connectivity index (χ3v) is 4.60. The highest BCUT2D eigenvalue weighted by Gasteiger charge is 2.25. The monoisotopic (exact) mass is 372 g/mol. The summed E-state index contributed by atoms with van der Waals surface area (Å²) in [6.07, 6.45) is 2.94. The average Bonchev–Trinajstić information content (AvgIpc) is 3.29. The molecule has 0 aliphatic carbocycles. The Balaban J connectivity index is 1.79. The fourth-order valence-corrected chi connectivity index (χ4v) is 3.40. The molecule has 0 atom stereocenters. The number of carbonyl (C=O) groups excluding carboxylic acids is 1. The molecule has 1 amide bonds. The zero-order chi connectivity index (χ0) is 18.1. The molecular formula is C17H10F2N4O2S. The van der Waals surface area contributed by atoms with Gasteiger partial charge in [0.2, 0.25) is 5.76 Å². The molecule has 3 aromatic heterocycles. The predicted octanol–water partition coefficient (Wildman–Crippen LogP) is 3.80. The molecule has 1 aromatic carbocycles. The molecule has 0 bridgehead atoms. The summed E-state index contributed by atoms with van der Waals surface area (Å²) < 4.78 is 32.7. The molecule has 0 radical (unpaired) electrons. The van der Waals surface area contributed by atoms with Crippen LogP contribution < -0.4 is 4.90 Å². The lowest BCUT2D eigenvalue weighted by Gasteiger charge is -2.17. The number of carbonyl (C=O) groups is 1. The van der Waals surface area contributed by atoms with Crippen molar-refractivity contribution in [3.63, 3.8) is 0 Å². The third-order valence-electron chi connectivity index (χ3n) is 3.57. The largest absolute Gasteiger partial charge is 0.351 e. The average molecular weight is 372 g/mol. The Morgan fingerprint density at radius 1 is 1.19 bits per heavy atom. The molecule has 0 aliphatic rings. The Kier molecular flexibility index (Phi) is 4.13. The standard InChI is InChI=1S/C17H10F2N4O2S/c18-10-7-12(19)15-14(8-10)26-17(22-15)23(9-11-3-1-2-5-20-11)16(24)13-4-6-21-25-13/h1-8H,9H2. The van der Waals surface area contributed by atoms with Crippen LogP contribution in [0.2, 0.25) is 0 Å². The topological polar surface area (TPSA) is 72.1 Å². The number of amides is 1. The second-order valence-electron chi connectivity index (χ2n) is 5.32. The highest BCUT2D eigenvalue weighted by Crippen LogP contribution is 2.32. The summed E-state index contributed by atoms with van der Waals surface area (Å²) in [6.45, 7) is 0.0876. The van der Waals surface area contributed by atoms with Crippen molar-refractivity contribution in [3.05, 3.63) is 71.9 Å². The molecule has 0 aliphatic heterocycles. The van der Waals surface area contributed by atoms with Gasteiger partial charge in [-0.25, -0.2) is 13.8 Å². The minimum Gasteiger partial charge on any atom is -0.351 e. The maximum atomic E-state index is 14.0. The number of hydrogen-bond acceptors (Lipinski definition) is 6. The number of rotatable bonds is 4. The fourth-order valence-electron chi connectivity index (χ4n) is 2.40. The second-order valence-corrected chi connectivity index (χ2v) is 6.33. The molecule has 6 nitrogen and oxygen atoms in total. The fraction of sp³-hybridized carbons (Fsp3) is 0.0588. The van der Waals surface area contributed by atoms with Crippen molar-refractivity contribution in [2.75, 3.05) is 4.90 Å². The van der Waals surface area contributed by atoms with E-state index < -0.39 is 17.5 Å². The van der Waals surface area contributed by atoms with Gasteiger partial charge in [0.1, 0.15) is 11.3 Å². The van der Waals surface area contributed by atoms with Gasteiger partial charge in [-0.15, -0.1) is 0 Å². The molecule has 3 heterocycles. The van der Waals surface area contributed by atoms with Gasteiger partial charge in [-0.2, -0.15) is 0 Å². The van der Waals surface area contributed by atoms with Gasteiger partial charge in [-0.05, 0) is 18.2 Å². The molecule has 0 unspecified atom stereocenters. The Morgan fingerprint density at radius 3 is 2.81 bits per heavy atom. The van der Waals surface area contributed by atoms with Gasteiger partial charge < -0.3 is 4.52 Å². The van der Waals surface area contributed by atoms with E-state index in [0.29, 0.717) is 10.4 Å². The van der Waals surface area contributed by atoms with Crippen molar-refractivity contribution in [3.8, 4) is 0 Å². The summed E-state index contributed by atoms with van der Waals surface area (Å²) in [5.41, 5.74) is 0.606. The Morgan fingerprint density at radius 2 is 2.08 bits per heavy atom. The molecular weight excluding hydrogens is 362 g/mol. The minimum atomic E-state index is -0.785. The number of fused-ring (bicyclic) bond motifs is 1. The van der Waals surface area contributed by atoms with Gasteiger partial charge >= 0.3 is 0 Å². The summed E-state index contributed by atoms with van der Waals surface area (Å²) in [7, 11) is 0. The van der Waals surface area contributed by atoms with E-state index >= 15 is 0 Å². The van der Waals surface area contributed by atoms with Gasteiger partial charge in [0.15, 0.2) is 10.9 Å². The SMILES string of the molecule is O=C(c1ccno1)N(Cc1ccccn1)c1nc2c(F)cc(F)cc2s1. The van der Waals surface area contributed by atoms with Crippen LogP contribution in [0.4, 0.5) is 13.9 Å². The Bertz CT molecular complexity index is 1070. The Labute approximate surface area is 149 Å². The second kappa shape index (κ2) is 6.60. The highest BCUT2D eigenvalue weighted by molar-refractivity contribution is 7.22. The number of thiazole rings is 1. The number of nitrogens with zero attached hydrogens (tertiary/aromatic N) is 4. The highest BCUT2D eigenvalue weighted by atomic mass is 32.1. The van der Waals surface area contributed by atoms with Crippen molar-refractivity contribution in [1.82, 2.24) is 15.1 Å². The molecule has 0 spiro atoms. The number of aromatic nitrogens is 3. The van der Waals surface area contributed by atoms with E-state index in [-0.39, 0.29) is 23.0 Å². The van der Waals surface area contributed by atoms with Crippen LogP contribution in [0.3, 0.4) is 0 Å². The van der Waals surface area contributed by atoms with Gasteiger partial charge in [0.05, 0.1) is 23.1 Å². The number of anilines is 1. The summed E-state index contributed by atoms with van der Waals surface area (Å²) in [6, 6.07) is 8.63. The van der Waals surface area contributed by atoms with E-state index in [1.54, 1.807) is 24.4 Å². The molecule has 130 valence electrons. The zero-order valence-electron chi connectivity index (χ0n) is 13.1. The van der Waals surface area contributed by atoms with Crippen LogP contribution in [0, 0.1) is 11.6 Å².